The number of hydrogen-bond donors (Lipinski definition) is 0. The molecular formula is C8H13BrO2. The molecule has 0 amide bonds. The van der Waals surface area contributed by atoms with Gasteiger partial charge in [-0.1, -0.05) is 19.9 Å². The molecule has 0 aliphatic rings. The number of rotatable bonds is 4. The van der Waals surface area contributed by atoms with Crippen LogP contribution in [0.4, 0.5) is 0 Å². The van der Waals surface area contributed by atoms with Gasteiger partial charge in [0.15, 0.2) is 5.01 Å². The van der Waals surface area contributed by atoms with E-state index in [0.29, 0.717) is 5.57 Å². The summed E-state index contributed by atoms with van der Waals surface area (Å²) in [6, 6.07) is 0. The van der Waals surface area contributed by atoms with Gasteiger partial charge in [0.25, 0.3) is 0 Å². The number of hydrogen-bond acceptors (Lipinski definition) is 2. The fourth-order valence-corrected chi connectivity index (χ4v) is 1.13. The molecule has 0 aromatic rings. The van der Waals surface area contributed by atoms with Crippen LogP contribution in [0.3, 0.4) is 0 Å². The quantitative estimate of drug-likeness (QED) is 0.414. The molecule has 0 aliphatic heterocycles. The van der Waals surface area contributed by atoms with Crippen LogP contribution in [0.15, 0.2) is 12.2 Å². The first-order valence-electron chi connectivity index (χ1n) is 3.58. The Kier molecular flexibility index (Phi) is 5.20. The van der Waals surface area contributed by atoms with Crippen molar-refractivity contribution >= 4 is 21.9 Å². The molecule has 0 saturated carbocycles. The van der Waals surface area contributed by atoms with E-state index in [1.165, 1.54) is 0 Å². The minimum absolute atomic E-state index is 0.170. The predicted molar refractivity (Wildman–Crippen MR) is 48.5 cm³/mol. The highest BCUT2D eigenvalue weighted by molar-refractivity contribution is 9.09. The maximum Gasteiger partial charge on any atom is 0.334 e. The van der Waals surface area contributed by atoms with Gasteiger partial charge in [-0.05, 0) is 29.3 Å². The highest BCUT2D eigenvalue weighted by atomic mass is 79.9. The Morgan fingerprint density at radius 2 is 2.27 bits per heavy atom. The van der Waals surface area contributed by atoms with E-state index in [0.717, 1.165) is 12.8 Å². The monoisotopic (exact) mass is 220 g/mol. The van der Waals surface area contributed by atoms with Crippen molar-refractivity contribution in [1.82, 2.24) is 0 Å². The zero-order chi connectivity index (χ0) is 8.85. The lowest BCUT2D eigenvalue weighted by atomic mass is 10.3. The Morgan fingerprint density at radius 1 is 1.73 bits per heavy atom. The molecule has 0 heterocycles. The van der Waals surface area contributed by atoms with Crippen molar-refractivity contribution in [2.24, 2.45) is 0 Å². The number of halogens is 1. The third-order valence-corrected chi connectivity index (χ3v) is 1.74. The number of alkyl halides is 1. The second-order valence-electron chi connectivity index (χ2n) is 2.38. The Labute approximate surface area is 75.7 Å². The average Bonchev–Trinajstić information content (AvgIpc) is 1.87. The van der Waals surface area contributed by atoms with Crippen LogP contribution in [0, 0.1) is 0 Å². The molecule has 1 atom stereocenters. The van der Waals surface area contributed by atoms with E-state index in [9.17, 15) is 4.79 Å². The van der Waals surface area contributed by atoms with Gasteiger partial charge >= 0.3 is 5.97 Å². The van der Waals surface area contributed by atoms with Crippen LogP contribution in [-0.4, -0.2) is 11.0 Å². The number of esters is 1. The van der Waals surface area contributed by atoms with E-state index >= 15 is 0 Å². The summed E-state index contributed by atoms with van der Waals surface area (Å²) in [6.45, 7) is 7.14. The van der Waals surface area contributed by atoms with Gasteiger partial charge in [-0.3, -0.25) is 0 Å². The molecule has 0 aliphatic carbocycles. The molecule has 11 heavy (non-hydrogen) atoms. The average molecular weight is 221 g/mol. The fraction of sp³-hybridized carbons (Fsp3) is 0.625. The summed E-state index contributed by atoms with van der Waals surface area (Å²) in [5.74, 6) is -0.333. The van der Waals surface area contributed by atoms with Gasteiger partial charge in [-0.15, -0.1) is 0 Å². The summed E-state index contributed by atoms with van der Waals surface area (Å²) in [4.78, 5) is 10.9. The lowest BCUT2D eigenvalue weighted by Gasteiger charge is -2.09. The molecule has 0 fully saturated rings. The van der Waals surface area contributed by atoms with E-state index in [4.69, 9.17) is 4.74 Å². The summed E-state index contributed by atoms with van der Waals surface area (Å²) >= 11 is 3.22. The van der Waals surface area contributed by atoms with Gasteiger partial charge in [0.1, 0.15) is 0 Å². The van der Waals surface area contributed by atoms with Crippen molar-refractivity contribution in [2.45, 2.75) is 31.7 Å². The zero-order valence-electron chi connectivity index (χ0n) is 6.89. The first kappa shape index (κ1) is 10.7. The summed E-state index contributed by atoms with van der Waals surface area (Å²) in [5.41, 5.74) is 0.436. The maximum atomic E-state index is 10.9. The Bertz CT molecular complexity index is 154. The largest absolute Gasteiger partial charge is 0.447 e. The highest BCUT2D eigenvalue weighted by Gasteiger charge is 2.09. The van der Waals surface area contributed by atoms with Crippen molar-refractivity contribution < 1.29 is 9.53 Å². The van der Waals surface area contributed by atoms with Crippen LogP contribution in [-0.2, 0) is 9.53 Å². The molecule has 1 unspecified atom stereocenters. The van der Waals surface area contributed by atoms with Crippen molar-refractivity contribution in [3.8, 4) is 0 Å². The second-order valence-corrected chi connectivity index (χ2v) is 3.41. The number of ether oxygens (including phenoxy) is 1. The van der Waals surface area contributed by atoms with Crippen molar-refractivity contribution in [2.75, 3.05) is 0 Å². The van der Waals surface area contributed by atoms with Gasteiger partial charge in [0.2, 0.25) is 0 Å². The summed E-state index contributed by atoms with van der Waals surface area (Å²) in [5, 5.41) is -0.170. The zero-order valence-corrected chi connectivity index (χ0v) is 8.48. The molecule has 3 heteroatoms. The standard InChI is InChI=1S/C8H13BrO2/c1-4-5-7(9)11-8(10)6(2)3/h7H,2,4-5H2,1,3H3. The second kappa shape index (κ2) is 5.35. The topological polar surface area (TPSA) is 26.3 Å². The highest BCUT2D eigenvalue weighted by Crippen LogP contribution is 2.10. The van der Waals surface area contributed by atoms with E-state index in [2.05, 4.69) is 22.5 Å². The molecule has 2 nitrogen and oxygen atoms in total. The number of carbonyl (C=O) groups excluding carboxylic acids is 1. The lowest BCUT2D eigenvalue weighted by molar-refractivity contribution is -0.140. The van der Waals surface area contributed by atoms with Gasteiger partial charge < -0.3 is 4.74 Å². The normalized spacial score (nSPS) is 12.3. The van der Waals surface area contributed by atoms with Gasteiger partial charge in [-0.2, -0.15) is 0 Å². The minimum atomic E-state index is -0.333. The molecule has 0 saturated heterocycles. The van der Waals surface area contributed by atoms with Crippen LogP contribution < -0.4 is 0 Å². The number of carbonyl (C=O) groups is 1. The Balaban J connectivity index is 3.66. The Morgan fingerprint density at radius 3 is 2.64 bits per heavy atom. The molecule has 0 rings (SSSR count). The van der Waals surface area contributed by atoms with E-state index in [-0.39, 0.29) is 11.0 Å². The van der Waals surface area contributed by atoms with E-state index < -0.39 is 0 Å². The van der Waals surface area contributed by atoms with Crippen LogP contribution in [0.25, 0.3) is 0 Å². The molecular weight excluding hydrogens is 208 g/mol. The smallest absolute Gasteiger partial charge is 0.334 e. The first-order chi connectivity index (χ1) is 5.07. The summed E-state index contributed by atoms with van der Waals surface area (Å²) in [6.07, 6.45) is 1.82. The van der Waals surface area contributed by atoms with Crippen LogP contribution in [0.1, 0.15) is 26.7 Å². The van der Waals surface area contributed by atoms with Gasteiger partial charge in [0.05, 0.1) is 0 Å². The first-order valence-corrected chi connectivity index (χ1v) is 4.50. The SMILES string of the molecule is C=C(C)C(=O)OC(Br)CCC. The van der Waals surface area contributed by atoms with Crippen LogP contribution in [0.2, 0.25) is 0 Å². The predicted octanol–water partition coefficient (Wildman–Crippen LogP) is 2.63. The van der Waals surface area contributed by atoms with Crippen molar-refractivity contribution in [3.63, 3.8) is 0 Å². The molecule has 64 valence electrons. The molecule has 0 bridgehead atoms. The molecule has 0 N–H and O–H groups in total. The lowest BCUT2D eigenvalue weighted by Crippen LogP contribution is -2.12. The molecule has 0 radical (unpaired) electrons. The minimum Gasteiger partial charge on any atom is -0.447 e. The maximum absolute atomic E-state index is 10.9. The van der Waals surface area contributed by atoms with Crippen molar-refractivity contribution in [3.05, 3.63) is 12.2 Å². The third kappa shape index (κ3) is 5.01. The van der Waals surface area contributed by atoms with E-state index in [1.54, 1.807) is 6.92 Å². The van der Waals surface area contributed by atoms with Gasteiger partial charge in [-0.25, -0.2) is 4.79 Å². The third-order valence-electron chi connectivity index (χ3n) is 1.10. The molecule has 0 aromatic heterocycles. The summed E-state index contributed by atoms with van der Waals surface area (Å²) in [7, 11) is 0. The van der Waals surface area contributed by atoms with E-state index in [1.807, 2.05) is 6.92 Å². The molecule has 0 spiro atoms. The van der Waals surface area contributed by atoms with Crippen molar-refractivity contribution in [1.29, 1.82) is 0 Å². The summed E-state index contributed by atoms with van der Waals surface area (Å²) < 4.78 is 4.93. The van der Waals surface area contributed by atoms with Crippen LogP contribution in [0.5, 0.6) is 0 Å². The van der Waals surface area contributed by atoms with Gasteiger partial charge in [0, 0.05) is 5.57 Å². The molecule has 0 aromatic carbocycles. The fourth-order valence-electron chi connectivity index (χ4n) is 0.503. The Hall–Kier alpha value is -0.310. The van der Waals surface area contributed by atoms with Crippen LogP contribution >= 0.6 is 15.9 Å².